The Balaban J connectivity index is 2.06. The van der Waals surface area contributed by atoms with Gasteiger partial charge >= 0.3 is 0 Å². The van der Waals surface area contributed by atoms with Crippen LogP contribution in [0.4, 0.5) is 0 Å². The van der Waals surface area contributed by atoms with Crippen LogP contribution in [-0.4, -0.2) is 14.8 Å². The fourth-order valence-electron chi connectivity index (χ4n) is 1.67. The van der Waals surface area contributed by atoms with E-state index in [-0.39, 0.29) is 0 Å². The Kier molecular flexibility index (Phi) is 2.81. The maximum atomic E-state index is 4.07. The molecule has 0 radical (unpaired) electrons. The third-order valence-corrected chi connectivity index (χ3v) is 2.68. The molecule has 0 unspecified atom stereocenters. The van der Waals surface area contributed by atoms with Crippen molar-refractivity contribution in [3.63, 3.8) is 0 Å². The molecule has 3 nitrogen and oxygen atoms in total. The summed E-state index contributed by atoms with van der Waals surface area (Å²) in [5.41, 5.74) is 2.74. The van der Waals surface area contributed by atoms with Crippen LogP contribution in [0.1, 0.15) is 17.0 Å². The lowest BCUT2D eigenvalue weighted by atomic mass is 10.0. The van der Waals surface area contributed by atoms with Gasteiger partial charge in [-0.1, -0.05) is 24.3 Å². The molecule has 3 heteroatoms. The van der Waals surface area contributed by atoms with Gasteiger partial charge in [-0.15, -0.1) is 10.2 Å². The molecule has 2 aromatic rings. The first-order valence-corrected chi connectivity index (χ1v) is 5.15. The van der Waals surface area contributed by atoms with Crippen molar-refractivity contribution < 1.29 is 0 Å². The minimum Gasteiger partial charge on any atom is -0.321 e. The second-order valence-corrected chi connectivity index (χ2v) is 3.78. The van der Waals surface area contributed by atoms with Crippen molar-refractivity contribution >= 4 is 0 Å². The van der Waals surface area contributed by atoms with Crippen molar-refractivity contribution in [2.24, 2.45) is 7.05 Å². The minimum atomic E-state index is 0.946. The fourth-order valence-corrected chi connectivity index (χ4v) is 1.67. The van der Waals surface area contributed by atoms with Gasteiger partial charge < -0.3 is 4.57 Å². The predicted molar refractivity (Wildman–Crippen MR) is 59.6 cm³/mol. The van der Waals surface area contributed by atoms with Gasteiger partial charge in [0.15, 0.2) is 0 Å². The van der Waals surface area contributed by atoms with Gasteiger partial charge in [0.1, 0.15) is 12.2 Å². The van der Waals surface area contributed by atoms with Gasteiger partial charge in [-0.2, -0.15) is 0 Å². The van der Waals surface area contributed by atoms with E-state index in [1.807, 2.05) is 11.6 Å². The monoisotopic (exact) mass is 201 g/mol. The Morgan fingerprint density at radius 3 is 2.67 bits per heavy atom. The first-order chi connectivity index (χ1) is 7.27. The molecule has 0 bridgehead atoms. The first-order valence-electron chi connectivity index (χ1n) is 5.15. The number of hydrogen-bond donors (Lipinski definition) is 0. The van der Waals surface area contributed by atoms with Gasteiger partial charge in [-0.05, 0) is 24.5 Å². The highest BCUT2D eigenvalue weighted by atomic mass is 15.2. The van der Waals surface area contributed by atoms with Crippen LogP contribution >= 0.6 is 0 Å². The van der Waals surface area contributed by atoms with Crippen LogP contribution in [0.2, 0.25) is 0 Å². The molecule has 0 saturated carbocycles. The minimum absolute atomic E-state index is 0.946. The Morgan fingerprint density at radius 1 is 1.20 bits per heavy atom. The smallest absolute Gasteiger partial charge is 0.132 e. The van der Waals surface area contributed by atoms with Crippen LogP contribution < -0.4 is 0 Å². The summed E-state index contributed by atoms with van der Waals surface area (Å²) in [6.07, 6.45) is 3.72. The first kappa shape index (κ1) is 9.90. The number of benzene rings is 1. The molecule has 0 saturated heterocycles. The number of hydrogen-bond acceptors (Lipinski definition) is 2. The summed E-state index contributed by atoms with van der Waals surface area (Å²) in [6.45, 7) is 2.14. The van der Waals surface area contributed by atoms with Crippen molar-refractivity contribution in [2.75, 3.05) is 0 Å². The van der Waals surface area contributed by atoms with Gasteiger partial charge in [-0.3, -0.25) is 0 Å². The van der Waals surface area contributed by atoms with Crippen molar-refractivity contribution in [3.05, 3.63) is 47.5 Å². The van der Waals surface area contributed by atoms with E-state index < -0.39 is 0 Å². The summed E-state index contributed by atoms with van der Waals surface area (Å²) in [5.74, 6) is 1.04. The second-order valence-electron chi connectivity index (χ2n) is 3.78. The zero-order valence-corrected chi connectivity index (χ0v) is 9.14. The van der Waals surface area contributed by atoms with Gasteiger partial charge in [0.2, 0.25) is 0 Å². The molecular weight excluding hydrogens is 186 g/mol. The van der Waals surface area contributed by atoms with Gasteiger partial charge in [-0.25, -0.2) is 0 Å². The number of aryl methyl sites for hydroxylation is 4. The molecule has 0 aliphatic rings. The lowest BCUT2D eigenvalue weighted by Gasteiger charge is -2.04. The van der Waals surface area contributed by atoms with E-state index in [0.717, 1.165) is 18.7 Å². The van der Waals surface area contributed by atoms with Crippen LogP contribution in [-0.2, 0) is 19.9 Å². The number of nitrogens with zero attached hydrogens (tertiary/aromatic N) is 3. The molecule has 0 atom stereocenters. The summed E-state index contributed by atoms with van der Waals surface area (Å²) in [5, 5.41) is 7.94. The van der Waals surface area contributed by atoms with Crippen LogP contribution in [0.15, 0.2) is 30.6 Å². The molecule has 1 aromatic carbocycles. The molecular formula is C12H15N3. The quantitative estimate of drug-likeness (QED) is 0.759. The highest BCUT2D eigenvalue weighted by Crippen LogP contribution is 2.09. The highest BCUT2D eigenvalue weighted by Gasteiger charge is 2.02. The van der Waals surface area contributed by atoms with E-state index >= 15 is 0 Å². The lowest BCUT2D eigenvalue weighted by Crippen LogP contribution is -2.00. The summed E-state index contributed by atoms with van der Waals surface area (Å²) in [4.78, 5) is 0. The van der Waals surface area contributed by atoms with Gasteiger partial charge in [0.05, 0.1) is 0 Å². The fraction of sp³-hybridized carbons (Fsp3) is 0.333. The molecule has 0 amide bonds. The lowest BCUT2D eigenvalue weighted by molar-refractivity contribution is 0.768. The number of aromatic nitrogens is 3. The standard InChI is InChI=1S/C12H15N3/c1-10-5-3-4-6-11(10)7-8-12-14-13-9-15(12)2/h3-6,9H,7-8H2,1-2H3. The largest absolute Gasteiger partial charge is 0.321 e. The van der Waals surface area contributed by atoms with Crippen molar-refractivity contribution in [1.29, 1.82) is 0 Å². The Labute approximate surface area is 89.8 Å². The maximum Gasteiger partial charge on any atom is 0.132 e. The highest BCUT2D eigenvalue weighted by molar-refractivity contribution is 5.25. The van der Waals surface area contributed by atoms with E-state index in [1.165, 1.54) is 11.1 Å². The van der Waals surface area contributed by atoms with Crippen molar-refractivity contribution in [1.82, 2.24) is 14.8 Å². The van der Waals surface area contributed by atoms with Crippen molar-refractivity contribution in [2.45, 2.75) is 19.8 Å². The Hall–Kier alpha value is -1.64. The van der Waals surface area contributed by atoms with Gasteiger partial charge in [0, 0.05) is 13.5 Å². The molecule has 78 valence electrons. The molecule has 2 rings (SSSR count). The van der Waals surface area contributed by atoms with E-state index in [4.69, 9.17) is 0 Å². The molecule has 0 spiro atoms. The average Bonchev–Trinajstić information content (AvgIpc) is 2.63. The van der Waals surface area contributed by atoms with Crippen molar-refractivity contribution in [3.8, 4) is 0 Å². The summed E-state index contributed by atoms with van der Waals surface area (Å²) in [7, 11) is 1.98. The van der Waals surface area contributed by atoms with E-state index in [1.54, 1.807) is 6.33 Å². The topological polar surface area (TPSA) is 30.7 Å². The third kappa shape index (κ3) is 2.24. The van der Waals surface area contributed by atoms with Crippen LogP contribution in [0.5, 0.6) is 0 Å². The van der Waals surface area contributed by atoms with E-state index in [9.17, 15) is 0 Å². The molecule has 0 aliphatic carbocycles. The third-order valence-electron chi connectivity index (χ3n) is 2.68. The van der Waals surface area contributed by atoms with Crippen LogP contribution in [0.25, 0.3) is 0 Å². The maximum absolute atomic E-state index is 4.07. The molecule has 15 heavy (non-hydrogen) atoms. The van der Waals surface area contributed by atoms with E-state index in [0.29, 0.717) is 0 Å². The van der Waals surface area contributed by atoms with Gasteiger partial charge in [0.25, 0.3) is 0 Å². The van der Waals surface area contributed by atoms with E-state index in [2.05, 4.69) is 41.4 Å². The molecule has 0 N–H and O–H groups in total. The normalized spacial score (nSPS) is 10.5. The summed E-state index contributed by atoms with van der Waals surface area (Å²) in [6, 6.07) is 8.47. The SMILES string of the molecule is Cc1ccccc1CCc1nncn1C. The Bertz CT molecular complexity index is 446. The molecule has 0 aliphatic heterocycles. The summed E-state index contributed by atoms with van der Waals surface area (Å²) >= 11 is 0. The molecule has 1 heterocycles. The van der Waals surface area contributed by atoms with Crippen LogP contribution in [0.3, 0.4) is 0 Å². The zero-order chi connectivity index (χ0) is 10.7. The molecule has 1 aromatic heterocycles. The molecule has 0 fully saturated rings. The van der Waals surface area contributed by atoms with Crippen LogP contribution in [0, 0.1) is 6.92 Å². The average molecular weight is 201 g/mol. The second kappa shape index (κ2) is 4.26. The summed E-state index contributed by atoms with van der Waals surface area (Å²) < 4.78 is 1.97. The predicted octanol–water partition coefficient (Wildman–Crippen LogP) is 1.91. The number of rotatable bonds is 3. The Morgan fingerprint density at radius 2 is 2.00 bits per heavy atom. The zero-order valence-electron chi connectivity index (χ0n) is 9.14.